The molecule has 18 heavy (non-hydrogen) atoms. The summed E-state index contributed by atoms with van der Waals surface area (Å²) in [6.45, 7) is 2.01. The SMILES string of the molecule is CC(N)C(=O)N1Cc2ccccc2C[C@@H]1C(N)=O. The summed E-state index contributed by atoms with van der Waals surface area (Å²) in [5.41, 5.74) is 13.1. The average molecular weight is 247 g/mol. The molecule has 1 aliphatic heterocycles. The van der Waals surface area contributed by atoms with E-state index in [-0.39, 0.29) is 5.91 Å². The fraction of sp³-hybridized carbons (Fsp3) is 0.385. The Hall–Kier alpha value is -1.88. The van der Waals surface area contributed by atoms with Crippen LogP contribution in [-0.4, -0.2) is 28.8 Å². The van der Waals surface area contributed by atoms with Gasteiger partial charge in [-0.15, -0.1) is 0 Å². The lowest BCUT2D eigenvalue weighted by Crippen LogP contribution is -2.54. The smallest absolute Gasteiger partial charge is 0.240 e. The molecule has 0 spiro atoms. The molecule has 1 heterocycles. The molecule has 5 heteroatoms. The molecule has 2 atom stereocenters. The van der Waals surface area contributed by atoms with Crippen LogP contribution >= 0.6 is 0 Å². The summed E-state index contributed by atoms with van der Waals surface area (Å²) in [6.07, 6.45) is 0.462. The monoisotopic (exact) mass is 247 g/mol. The highest BCUT2D eigenvalue weighted by Crippen LogP contribution is 2.23. The van der Waals surface area contributed by atoms with Crippen LogP contribution in [0.3, 0.4) is 0 Å². The lowest BCUT2D eigenvalue weighted by atomic mass is 9.93. The summed E-state index contributed by atoms with van der Waals surface area (Å²) < 4.78 is 0. The highest BCUT2D eigenvalue weighted by molar-refractivity contribution is 5.89. The van der Waals surface area contributed by atoms with E-state index in [1.807, 2.05) is 24.3 Å². The maximum atomic E-state index is 12.0. The number of nitrogens with zero attached hydrogens (tertiary/aromatic N) is 1. The molecule has 0 aromatic heterocycles. The van der Waals surface area contributed by atoms with Crippen LogP contribution in [0.4, 0.5) is 0 Å². The van der Waals surface area contributed by atoms with E-state index >= 15 is 0 Å². The number of hydrogen-bond donors (Lipinski definition) is 2. The first-order valence-electron chi connectivity index (χ1n) is 5.93. The number of amides is 2. The van der Waals surface area contributed by atoms with E-state index in [4.69, 9.17) is 11.5 Å². The first kappa shape index (κ1) is 12.6. The number of benzene rings is 1. The number of primary amides is 1. The summed E-state index contributed by atoms with van der Waals surface area (Å²) in [7, 11) is 0. The largest absolute Gasteiger partial charge is 0.368 e. The van der Waals surface area contributed by atoms with Crippen molar-refractivity contribution in [3.63, 3.8) is 0 Å². The van der Waals surface area contributed by atoms with Gasteiger partial charge in [-0.2, -0.15) is 0 Å². The minimum absolute atomic E-state index is 0.242. The first-order chi connectivity index (χ1) is 8.50. The van der Waals surface area contributed by atoms with E-state index in [0.29, 0.717) is 13.0 Å². The van der Waals surface area contributed by atoms with Gasteiger partial charge in [0.2, 0.25) is 11.8 Å². The van der Waals surface area contributed by atoms with E-state index in [1.54, 1.807) is 6.92 Å². The Bertz CT molecular complexity index is 485. The van der Waals surface area contributed by atoms with Crippen LogP contribution in [-0.2, 0) is 22.6 Å². The van der Waals surface area contributed by atoms with Gasteiger partial charge >= 0.3 is 0 Å². The number of hydrogen-bond acceptors (Lipinski definition) is 3. The van der Waals surface area contributed by atoms with Crippen molar-refractivity contribution in [1.29, 1.82) is 0 Å². The van der Waals surface area contributed by atoms with Crippen molar-refractivity contribution < 1.29 is 9.59 Å². The van der Waals surface area contributed by atoms with Crippen LogP contribution in [0.15, 0.2) is 24.3 Å². The van der Waals surface area contributed by atoms with Gasteiger partial charge in [0, 0.05) is 13.0 Å². The minimum atomic E-state index is -0.628. The molecule has 5 nitrogen and oxygen atoms in total. The Morgan fingerprint density at radius 3 is 2.50 bits per heavy atom. The maximum absolute atomic E-state index is 12.0. The highest BCUT2D eigenvalue weighted by Gasteiger charge is 2.34. The Morgan fingerprint density at radius 2 is 1.94 bits per heavy atom. The second kappa shape index (κ2) is 4.78. The molecule has 1 unspecified atom stereocenters. The molecule has 4 N–H and O–H groups in total. The van der Waals surface area contributed by atoms with E-state index in [0.717, 1.165) is 11.1 Å². The second-order valence-corrected chi connectivity index (χ2v) is 4.65. The first-order valence-corrected chi connectivity index (χ1v) is 5.93. The summed E-state index contributed by atoms with van der Waals surface area (Å²) >= 11 is 0. The van der Waals surface area contributed by atoms with Crippen LogP contribution in [0.1, 0.15) is 18.1 Å². The van der Waals surface area contributed by atoms with Gasteiger partial charge in [-0.1, -0.05) is 24.3 Å². The number of carbonyl (C=O) groups excluding carboxylic acids is 2. The zero-order valence-electron chi connectivity index (χ0n) is 10.3. The van der Waals surface area contributed by atoms with Crippen molar-refractivity contribution >= 4 is 11.8 Å². The van der Waals surface area contributed by atoms with Crippen molar-refractivity contribution in [2.45, 2.75) is 32.0 Å². The second-order valence-electron chi connectivity index (χ2n) is 4.65. The van der Waals surface area contributed by atoms with E-state index in [2.05, 4.69) is 0 Å². The van der Waals surface area contributed by atoms with E-state index in [9.17, 15) is 9.59 Å². The minimum Gasteiger partial charge on any atom is -0.368 e. The number of rotatable bonds is 2. The van der Waals surface area contributed by atoms with Crippen molar-refractivity contribution in [2.75, 3.05) is 0 Å². The van der Waals surface area contributed by atoms with Gasteiger partial charge in [0.05, 0.1) is 6.04 Å². The van der Waals surface area contributed by atoms with Crippen LogP contribution in [0.5, 0.6) is 0 Å². The molecule has 0 saturated heterocycles. The molecule has 0 radical (unpaired) electrons. The number of carbonyl (C=O) groups is 2. The summed E-state index contributed by atoms with van der Waals surface area (Å²) in [5, 5.41) is 0. The van der Waals surface area contributed by atoms with Crippen molar-refractivity contribution in [3.05, 3.63) is 35.4 Å². The van der Waals surface area contributed by atoms with Gasteiger partial charge in [0.15, 0.2) is 0 Å². The van der Waals surface area contributed by atoms with Gasteiger partial charge in [-0.3, -0.25) is 9.59 Å². The highest BCUT2D eigenvalue weighted by atomic mass is 16.2. The fourth-order valence-electron chi connectivity index (χ4n) is 2.27. The van der Waals surface area contributed by atoms with Crippen LogP contribution in [0.2, 0.25) is 0 Å². The topological polar surface area (TPSA) is 89.4 Å². The third kappa shape index (κ3) is 2.22. The molecule has 2 amide bonds. The molecule has 1 aliphatic rings. The normalized spacial score (nSPS) is 20.1. The third-order valence-electron chi connectivity index (χ3n) is 3.25. The van der Waals surface area contributed by atoms with Gasteiger partial charge in [0.25, 0.3) is 0 Å². The number of fused-ring (bicyclic) bond motifs is 1. The molecule has 0 saturated carbocycles. The van der Waals surface area contributed by atoms with E-state index in [1.165, 1.54) is 4.90 Å². The Labute approximate surface area is 106 Å². The van der Waals surface area contributed by atoms with Gasteiger partial charge in [0.1, 0.15) is 6.04 Å². The Balaban J connectivity index is 2.34. The Kier molecular flexibility index (Phi) is 3.34. The van der Waals surface area contributed by atoms with Crippen molar-refractivity contribution in [3.8, 4) is 0 Å². The van der Waals surface area contributed by atoms with E-state index < -0.39 is 18.0 Å². The number of nitrogens with two attached hydrogens (primary N) is 2. The Morgan fingerprint density at radius 1 is 1.33 bits per heavy atom. The van der Waals surface area contributed by atoms with Gasteiger partial charge in [-0.25, -0.2) is 0 Å². The van der Waals surface area contributed by atoms with Gasteiger partial charge < -0.3 is 16.4 Å². The molecular formula is C13H17N3O2. The predicted octanol–water partition coefficient (Wildman–Crippen LogP) is -0.228. The van der Waals surface area contributed by atoms with Crippen LogP contribution < -0.4 is 11.5 Å². The van der Waals surface area contributed by atoms with Crippen LogP contribution in [0, 0.1) is 0 Å². The lowest BCUT2D eigenvalue weighted by molar-refractivity contribution is -0.141. The van der Waals surface area contributed by atoms with Gasteiger partial charge in [-0.05, 0) is 18.1 Å². The average Bonchev–Trinajstić information content (AvgIpc) is 2.36. The molecule has 1 aromatic rings. The zero-order chi connectivity index (χ0) is 13.3. The molecule has 0 bridgehead atoms. The molecule has 1 aromatic carbocycles. The van der Waals surface area contributed by atoms with Crippen molar-refractivity contribution in [1.82, 2.24) is 4.90 Å². The molecule has 2 rings (SSSR count). The van der Waals surface area contributed by atoms with Crippen molar-refractivity contribution in [2.24, 2.45) is 11.5 Å². The maximum Gasteiger partial charge on any atom is 0.240 e. The third-order valence-corrected chi connectivity index (χ3v) is 3.25. The summed E-state index contributed by atoms with van der Waals surface area (Å²) in [4.78, 5) is 25.0. The summed E-state index contributed by atoms with van der Waals surface area (Å²) in [6, 6.07) is 6.51. The predicted molar refractivity (Wildman–Crippen MR) is 67.3 cm³/mol. The quantitative estimate of drug-likeness (QED) is 0.756. The zero-order valence-corrected chi connectivity index (χ0v) is 10.3. The molecule has 96 valence electrons. The van der Waals surface area contributed by atoms with Crippen LogP contribution in [0.25, 0.3) is 0 Å². The standard InChI is InChI=1S/C13H17N3O2/c1-8(14)13(18)16-7-10-5-3-2-4-9(10)6-11(16)12(15)17/h2-5,8,11H,6-7,14H2,1H3,(H2,15,17)/t8?,11-/m1/s1. The lowest BCUT2D eigenvalue weighted by Gasteiger charge is -2.36. The molecular weight excluding hydrogens is 230 g/mol. The molecule has 0 aliphatic carbocycles. The fourth-order valence-corrected chi connectivity index (χ4v) is 2.27. The summed E-state index contributed by atoms with van der Waals surface area (Å²) in [5.74, 6) is -0.730. The molecule has 0 fully saturated rings.